The maximum atomic E-state index is 3.53. The van der Waals surface area contributed by atoms with Gasteiger partial charge in [0.15, 0.2) is 0 Å². The van der Waals surface area contributed by atoms with Gasteiger partial charge in [0.25, 0.3) is 0 Å². The van der Waals surface area contributed by atoms with Gasteiger partial charge in [0, 0.05) is 0 Å². The van der Waals surface area contributed by atoms with Crippen LogP contribution in [0.2, 0.25) is 0 Å². The fourth-order valence-corrected chi connectivity index (χ4v) is 4.60. The summed E-state index contributed by atoms with van der Waals surface area (Å²) in [5.74, 6) is 0. The molecule has 38 heavy (non-hydrogen) atoms. The molecule has 0 radical (unpaired) electrons. The maximum Gasteiger partial charge on any atom is -0.0632 e. The molecule has 0 atom stereocenters. The van der Waals surface area contributed by atoms with E-state index in [2.05, 4.69) is 139 Å². The second-order valence-electron chi connectivity index (χ2n) is 13.7. The molecule has 1 aliphatic rings. The normalized spacial score (nSPS) is 12.0. The zero-order valence-electron chi connectivity index (χ0n) is 26.0. The van der Waals surface area contributed by atoms with Crippen LogP contribution in [0, 0.1) is 19.9 Å². The summed E-state index contributed by atoms with van der Waals surface area (Å²) in [5.41, 5.74) is 13.4. The van der Waals surface area contributed by atoms with Crippen LogP contribution in [0.4, 0.5) is 0 Å². The Morgan fingerprint density at radius 3 is 1.66 bits per heavy atom. The van der Waals surface area contributed by atoms with E-state index in [1.165, 1.54) is 53.3 Å². The molecule has 1 aliphatic carbocycles. The predicted molar refractivity (Wildman–Crippen MR) is 157 cm³/mol. The second kappa shape index (κ2) is 14.1. The van der Waals surface area contributed by atoms with E-state index in [1.807, 2.05) is 0 Å². The van der Waals surface area contributed by atoms with Crippen LogP contribution in [0.3, 0.4) is 0 Å². The summed E-state index contributed by atoms with van der Waals surface area (Å²) in [6.45, 7) is 29.0. The Morgan fingerprint density at radius 1 is 0.763 bits per heavy atom. The number of hydrogen-bond acceptors (Lipinski definition) is 0. The van der Waals surface area contributed by atoms with E-state index in [-0.39, 0.29) is 35.6 Å². The summed E-state index contributed by atoms with van der Waals surface area (Å²) >= 11 is 1.55. The summed E-state index contributed by atoms with van der Waals surface area (Å²) in [6.07, 6.45) is 1.03. The molecule has 0 heterocycles. The average molecular weight is 631 g/mol. The summed E-state index contributed by atoms with van der Waals surface area (Å²) in [4.78, 5) is 0. The largest absolute Gasteiger partial charge is 1.00 e. The Kier molecular flexibility index (Phi) is 13.8. The molecule has 208 valence electrons. The number of rotatable bonds is 0. The monoisotopic (exact) mass is 628 g/mol. The molecule has 3 aromatic rings. The Balaban J connectivity index is 0.000000684. The molecule has 0 amide bonds. The van der Waals surface area contributed by atoms with Crippen molar-refractivity contribution in [3.05, 3.63) is 87.5 Å². The fourth-order valence-electron chi connectivity index (χ4n) is 4.60. The number of halogens is 2. The summed E-state index contributed by atoms with van der Waals surface area (Å²) in [6, 6.07) is 19.6. The van der Waals surface area contributed by atoms with Gasteiger partial charge >= 0.3 is 41.3 Å². The molecule has 0 unspecified atom stereocenters. The number of aryl methyl sites for hydroxylation is 2. The van der Waals surface area contributed by atoms with Crippen molar-refractivity contribution < 1.29 is 49.0 Å². The van der Waals surface area contributed by atoms with Crippen molar-refractivity contribution in [1.82, 2.24) is 0 Å². The maximum absolute atomic E-state index is 3.53. The summed E-state index contributed by atoms with van der Waals surface area (Å²) in [7, 11) is 0. The molecule has 0 saturated carbocycles. The molecular weight excluding hydrogens is 583 g/mol. The molecule has 0 nitrogen and oxygen atoms in total. The third kappa shape index (κ3) is 10.3. The number of fused-ring (bicyclic) bond motifs is 3. The molecule has 0 aliphatic heterocycles. The van der Waals surface area contributed by atoms with Gasteiger partial charge in [0.05, 0.1) is 0 Å². The Morgan fingerprint density at radius 2 is 1.26 bits per heavy atom. The van der Waals surface area contributed by atoms with Gasteiger partial charge in [0.2, 0.25) is 0 Å². The first kappa shape index (κ1) is 37.1. The molecule has 0 bridgehead atoms. The standard InChI is InChI=1S/C21H25.C11H17.C3H6.2ClH.Zr/c1-20(2,3)16-9-7-14-11-15-8-10-17(21(4,5)6)13-19(15)18(14)12-16;1-8-6-9(2)10(7-8)11(3,4)5;1-3-2;;;/h7,9-10,12-13H,11H2,1-6H3;6-7H,1-5H3;1-2H3;2*1H;/q2*-1;;;;+2/p-2. The van der Waals surface area contributed by atoms with Crippen molar-refractivity contribution in [1.29, 1.82) is 0 Å². The Hall–Kier alpha value is -0.877. The Bertz CT molecular complexity index is 1140. The first-order chi connectivity index (χ1) is 16.3. The van der Waals surface area contributed by atoms with E-state index in [0.717, 1.165) is 6.42 Å². The molecule has 3 heteroatoms. The van der Waals surface area contributed by atoms with Crippen molar-refractivity contribution in [3.8, 4) is 11.1 Å². The van der Waals surface area contributed by atoms with Crippen molar-refractivity contribution in [2.45, 2.75) is 113 Å². The van der Waals surface area contributed by atoms with Crippen LogP contribution in [0.15, 0.2) is 42.5 Å². The second-order valence-corrected chi connectivity index (χ2v) is 16.2. The summed E-state index contributed by atoms with van der Waals surface area (Å²) < 4.78 is 1.51. The molecule has 0 saturated heterocycles. The minimum Gasteiger partial charge on any atom is -1.00 e. The van der Waals surface area contributed by atoms with Crippen LogP contribution in [0.5, 0.6) is 0 Å². The number of hydrogen-bond donors (Lipinski definition) is 0. The van der Waals surface area contributed by atoms with Crippen LogP contribution in [0.1, 0.15) is 115 Å². The van der Waals surface area contributed by atoms with Gasteiger partial charge in [-0.2, -0.15) is 52.1 Å². The van der Waals surface area contributed by atoms with Gasteiger partial charge in [-0.15, -0.1) is 5.56 Å². The van der Waals surface area contributed by atoms with Gasteiger partial charge in [-0.25, -0.2) is 6.07 Å². The van der Waals surface area contributed by atoms with Crippen molar-refractivity contribution in [3.63, 3.8) is 0 Å². The van der Waals surface area contributed by atoms with Crippen LogP contribution < -0.4 is 24.8 Å². The van der Waals surface area contributed by atoms with Gasteiger partial charge in [-0.3, -0.25) is 0 Å². The predicted octanol–water partition coefficient (Wildman–Crippen LogP) is 3.73. The van der Waals surface area contributed by atoms with Crippen molar-refractivity contribution in [2.24, 2.45) is 0 Å². The van der Waals surface area contributed by atoms with Gasteiger partial charge < -0.3 is 24.8 Å². The quantitative estimate of drug-likeness (QED) is 0.260. The summed E-state index contributed by atoms with van der Waals surface area (Å²) in [5, 5.41) is 0. The smallest absolute Gasteiger partial charge is 0.0632 e. The first-order valence-electron chi connectivity index (χ1n) is 13.3. The van der Waals surface area contributed by atoms with Crippen molar-refractivity contribution >= 4 is 3.21 Å². The van der Waals surface area contributed by atoms with E-state index in [9.17, 15) is 0 Å². The van der Waals surface area contributed by atoms with Crippen LogP contribution >= 0.6 is 0 Å². The SMILES string of the molecule is CC(C)(C)c1c[c-]c2c(c1)-c1cc(C(C)(C)C)ccc1C2.C[C](C)=[Zr+2].Cc1cc(C(C)(C)C)c(C)[cH-]1.[Cl-].[Cl-]. The minimum atomic E-state index is 0. The van der Waals surface area contributed by atoms with E-state index >= 15 is 0 Å². The molecule has 0 spiro atoms. The molecular formula is C35H48Cl2Zr-2. The van der Waals surface area contributed by atoms with E-state index in [0.29, 0.717) is 5.41 Å². The molecule has 3 aromatic carbocycles. The van der Waals surface area contributed by atoms with E-state index < -0.39 is 0 Å². The molecule has 4 rings (SSSR count). The molecule has 0 fully saturated rings. The first-order valence-corrected chi connectivity index (χ1v) is 14.5. The fraction of sp³-hybridized carbons (Fsp3) is 0.486. The molecule has 0 N–H and O–H groups in total. The van der Waals surface area contributed by atoms with Crippen LogP contribution in [0.25, 0.3) is 11.1 Å². The number of benzene rings is 2. The van der Waals surface area contributed by atoms with Crippen molar-refractivity contribution in [2.75, 3.05) is 0 Å². The van der Waals surface area contributed by atoms with Crippen LogP contribution in [-0.2, 0) is 46.9 Å². The van der Waals surface area contributed by atoms with E-state index in [4.69, 9.17) is 0 Å². The zero-order valence-corrected chi connectivity index (χ0v) is 30.0. The Labute approximate surface area is 261 Å². The third-order valence-electron chi connectivity index (χ3n) is 6.58. The minimum absolute atomic E-state index is 0. The average Bonchev–Trinajstić information content (AvgIpc) is 3.24. The molecule has 0 aromatic heterocycles. The third-order valence-corrected chi connectivity index (χ3v) is 6.58. The van der Waals surface area contributed by atoms with Crippen LogP contribution in [-0.4, -0.2) is 3.21 Å². The van der Waals surface area contributed by atoms with Gasteiger partial charge in [-0.1, -0.05) is 116 Å². The zero-order chi connectivity index (χ0) is 27.6. The van der Waals surface area contributed by atoms with Gasteiger partial charge in [-0.05, 0) is 17.4 Å². The topological polar surface area (TPSA) is 0 Å². The van der Waals surface area contributed by atoms with Gasteiger partial charge in [0.1, 0.15) is 0 Å². The van der Waals surface area contributed by atoms with E-state index in [1.54, 1.807) is 24.2 Å².